The van der Waals surface area contributed by atoms with Crippen molar-refractivity contribution in [1.82, 2.24) is 10.2 Å². The van der Waals surface area contributed by atoms with Crippen molar-refractivity contribution in [3.05, 3.63) is 63.7 Å². The van der Waals surface area contributed by atoms with Crippen LogP contribution in [0.2, 0.25) is 5.02 Å². The predicted molar refractivity (Wildman–Crippen MR) is 130 cm³/mol. The van der Waals surface area contributed by atoms with E-state index in [9.17, 15) is 9.59 Å². The van der Waals surface area contributed by atoms with Crippen LogP contribution in [0.5, 0.6) is 5.75 Å². The van der Waals surface area contributed by atoms with E-state index in [1.165, 1.54) is 0 Å². The number of hydrogen-bond donors (Lipinski definition) is 1. The second-order valence-corrected chi connectivity index (χ2v) is 9.14. The zero-order valence-corrected chi connectivity index (χ0v) is 20.8. The van der Waals surface area contributed by atoms with Gasteiger partial charge in [-0.05, 0) is 73.6 Å². The van der Waals surface area contributed by atoms with Gasteiger partial charge in [-0.3, -0.25) is 9.59 Å². The molecule has 2 amide bonds. The average Bonchev–Trinajstić information content (AvgIpc) is 2.74. The van der Waals surface area contributed by atoms with E-state index in [2.05, 4.69) is 11.4 Å². The molecule has 5 nitrogen and oxygen atoms in total. The normalized spacial score (nSPS) is 11.9. The van der Waals surface area contributed by atoms with E-state index in [1.807, 2.05) is 59.7 Å². The third kappa shape index (κ3) is 7.27. The summed E-state index contributed by atoms with van der Waals surface area (Å²) in [5, 5.41) is 3.59. The third-order valence-electron chi connectivity index (χ3n) is 5.45. The van der Waals surface area contributed by atoms with Crippen LogP contribution in [0, 0.1) is 26.7 Å². The fourth-order valence-electron chi connectivity index (χ4n) is 3.50. The minimum Gasteiger partial charge on any atom is -0.483 e. The Morgan fingerprint density at radius 1 is 1.09 bits per heavy atom. The minimum absolute atomic E-state index is 0.134. The fourth-order valence-corrected chi connectivity index (χ4v) is 3.63. The van der Waals surface area contributed by atoms with E-state index in [0.717, 1.165) is 22.3 Å². The first kappa shape index (κ1) is 25.7. The van der Waals surface area contributed by atoms with Crippen LogP contribution in [-0.4, -0.2) is 35.9 Å². The molecular weight excluding hydrogens is 424 g/mol. The van der Waals surface area contributed by atoms with E-state index in [1.54, 1.807) is 17.0 Å². The molecule has 0 saturated heterocycles. The van der Waals surface area contributed by atoms with Crippen LogP contribution in [0.3, 0.4) is 0 Å². The summed E-state index contributed by atoms with van der Waals surface area (Å²) in [5.41, 5.74) is 4.10. The van der Waals surface area contributed by atoms with Gasteiger partial charge in [0.05, 0.1) is 0 Å². The summed E-state index contributed by atoms with van der Waals surface area (Å²) in [6.07, 6.45) is 0.506. The molecule has 0 spiro atoms. The van der Waals surface area contributed by atoms with Gasteiger partial charge in [0.1, 0.15) is 11.8 Å². The van der Waals surface area contributed by atoms with Gasteiger partial charge in [0, 0.05) is 18.1 Å². The molecule has 0 saturated carbocycles. The van der Waals surface area contributed by atoms with Crippen molar-refractivity contribution in [3.8, 4) is 5.75 Å². The molecule has 2 aromatic carbocycles. The highest BCUT2D eigenvalue weighted by molar-refractivity contribution is 6.30. The second-order valence-electron chi connectivity index (χ2n) is 8.70. The molecule has 0 unspecified atom stereocenters. The van der Waals surface area contributed by atoms with Crippen molar-refractivity contribution in [2.24, 2.45) is 5.92 Å². The first-order valence-electron chi connectivity index (χ1n) is 11.1. The molecule has 0 aliphatic carbocycles. The number of carbonyl (C=O) groups excluding carboxylic acids is 2. The third-order valence-corrected chi connectivity index (χ3v) is 5.70. The zero-order chi connectivity index (χ0) is 23.8. The monoisotopic (exact) mass is 458 g/mol. The minimum atomic E-state index is -0.583. The molecule has 2 rings (SSSR count). The summed E-state index contributed by atoms with van der Waals surface area (Å²) in [6, 6.07) is 10.8. The lowest BCUT2D eigenvalue weighted by Gasteiger charge is -2.31. The van der Waals surface area contributed by atoms with E-state index in [-0.39, 0.29) is 18.4 Å². The number of rotatable bonds is 10. The van der Waals surface area contributed by atoms with Crippen LogP contribution in [0.4, 0.5) is 0 Å². The molecule has 6 heteroatoms. The first-order chi connectivity index (χ1) is 15.1. The lowest BCUT2D eigenvalue weighted by molar-refractivity contribution is -0.143. The Morgan fingerprint density at radius 2 is 1.75 bits per heavy atom. The highest BCUT2D eigenvalue weighted by atomic mass is 35.5. The predicted octanol–water partition coefficient (Wildman–Crippen LogP) is 5.22. The Kier molecular flexibility index (Phi) is 9.58. The number of nitrogens with zero attached hydrogens (tertiary/aromatic N) is 1. The van der Waals surface area contributed by atoms with Gasteiger partial charge in [-0.1, -0.05) is 50.6 Å². The molecule has 0 fully saturated rings. The lowest BCUT2D eigenvalue weighted by atomic mass is 10.1. The van der Waals surface area contributed by atoms with Crippen LogP contribution in [0.1, 0.15) is 49.4 Å². The number of halogens is 1. The molecule has 1 atom stereocenters. The molecule has 174 valence electrons. The quantitative estimate of drug-likeness (QED) is 0.530. The van der Waals surface area contributed by atoms with Gasteiger partial charge in [-0.2, -0.15) is 0 Å². The highest BCUT2D eigenvalue weighted by Gasteiger charge is 2.29. The fraction of sp³-hybridized carbons (Fsp3) is 0.462. The van der Waals surface area contributed by atoms with Gasteiger partial charge in [0.2, 0.25) is 5.91 Å². The van der Waals surface area contributed by atoms with Crippen molar-refractivity contribution in [1.29, 1.82) is 0 Å². The van der Waals surface area contributed by atoms with Crippen LogP contribution in [0.15, 0.2) is 36.4 Å². The molecule has 0 aliphatic heterocycles. The Labute approximate surface area is 197 Å². The SMILES string of the molecule is CC[C@H](C(=O)NCC(C)C)N(Cc1ccc(Cl)cc1)C(=O)COc1cc(C)cc(C)c1C. The molecule has 1 N–H and O–H groups in total. The highest BCUT2D eigenvalue weighted by Crippen LogP contribution is 2.24. The lowest BCUT2D eigenvalue weighted by Crippen LogP contribution is -2.50. The van der Waals surface area contributed by atoms with Crippen LogP contribution in [-0.2, 0) is 16.1 Å². The Balaban J connectivity index is 2.24. The van der Waals surface area contributed by atoms with Crippen LogP contribution in [0.25, 0.3) is 0 Å². The number of carbonyl (C=O) groups is 2. The Morgan fingerprint density at radius 3 is 2.34 bits per heavy atom. The topological polar surface area (TPSA) is 58.6 Å². The summed E-state index contributed by atoms with van der Waals surface area (Å²) < 4.78 is 5.93. The molecule has 32 heavy (non-hydrogen) atoms. The standard InChI is InChI=1S/C26H35ClN2O3/c1-7-23(26(31)28-14-17(2)3)29(15-21-8-10-22(27)11-9-21)25(30)16-32-24-13-18(4)12-19(5)20(24)6/h8-13,17,23H,7,14-16H2,1-6H3,(H,28,31)/t23-/m1/s1. The number of aryl methyl sites for hydroxylation is 2. The molecule has 0 bridgehead atoms. The summed E-state index contributed by atoms with van der Waals surface area (Å²) in [5.74, 6) is 0.642. The number of benzene rings is 2. The van der Waals surface area contributed by atoms with Gasteiger partial charge in [0.25, 0.3) is 5.91 Å². The smallest absolute Gasteiger partial charge is 0.261 e. The van der Waals surface area contributed by atoms with Gasteiger partial charge in [-0.15, -0.1) is 0 Å². The van der Waals surface area contributed by atoms with E-state index in [0.29, 0.717) is 36.2 Å². The number of ether oxygens (including phenoxy) is 1. The molecule has 2 aromatic rings. The van der Waals surface area contributed by atoms with E-state index in [4.69, 9.17) is 16.3 Å². The second kappa shape index (κ2) is 11.9. The molecule has 0 aromatic heterocycles. The zero-order valence-electron chi connectivity index (χ0n) is 20.0. The van der Waals surface area contributed by atoms with Crippen LogP contribution >= 0.6 is 11.6 Å². The van der Waals surface area contributed by atoms with Crippen molar-refractivity contribution in [2.75, 3.05) is 13.2 Å². The van der Waals surface area contributed by atoms with Gasteiger partial charge in [-0.25, -0.2) is 0 Å². The number of nitrogens with one attached hydrogen (secondary N) is 1. The van der Waals surface area contributed by atoms with E-state index < -0.39 is 6.04 Å². The average molecular weight is 459 g/mol. The maximum atomic E-state index is 13.3. The molecular formula is C26H35ClN2O3. The molecule has 0 aliphatic rings. The number of amides is 2. The molecule has 0 heterocycles. The van der Waals surface area contributed by atoms with Crippen LogP contribution < -0.4 is 10.1 Å². The number of hydrogen-bond acceptors (Lipinski definition) is 3. The van der Waals surface area contributed by atoms with Gasteiger partial charge < -0.3 is 15.0 Å². The first-order valence-corrected chi connectivity index (χ1v) is 11.5. The van der Waals surface area contributed by atoms with Crippen molar-refractivity contribution in [2.45, 2.75) is 60.5 Å². The van der Waals surface area contributed by atoms with Crippen molar-refractivity contribution >= 4 is 23.4 Å². The summed E-state index contributed by atoms with van der Waals surface area (Å²) >= 11 is 6.02. The Bertz CT molecular complexity index is 925. The van der Waals surface area contributed by atoms with Crippen molar-refractivity contribution < 1.29 is 14.3 Å². The summed E-state index contributed by atoms with van der Waals surface area (Å²) in [7, 11) is 0. The van der Waals surface area contributed by atoms with Gasteiger partial charge >= 0.3 is 0 Å². The summed E-state index contributed by atoms with van der Waals surface area (Å²) in [6.45, 7) is 12.7. The maximum absolute atomic E-state index is 13.3. The maximum Gasteiger partial charge on any atom is 0.261 e. The van der Waals surface area contributed by atoms with Gasteiger partial charge in [0.15, 0.2) is 6.61 Å². The van der Waals surface area contributed by atoms with Crippen molar-refractivity contribution in [3.63, 3.8) is 0 Å². The Hall–Kier alpha value is -2.53. The molecule has 0 radical (unpaired) electrons. The van der Waals surface area contributed by atoms with E-state index >= 15 is 0 Å². The largest absolute Gasteiger partial charge is 0.483 e. The summed E-state index contributed by atoms with van der Waals surface area (Å²) in [4.78, 5) is 27.8.